The Kier molecular flexibility index (Phi) is 2.80. The molecular formula is C11H12N3O. The predicted octanol–water partition coefficient (Wildman–Crippen LogP) is 0.623. The molecule has 4 nitrogen and oxygen atoms in total. The van der Waals surface area contributed by atoms with Crippen molar-refractivity contribution in [1.29, 1.82) is 0 Å². The van der Waals surface area contributed by atoms with Gasteiger partial charge in [-0.3, -0.25) is 0 Å². The van der Waals surface area contributed by atoms with E-state index in [1.54, 1.807) is 12.5 Å². The molecule has 2 rings (SSSR count). The van der Waals surface area contributed by atoms with E-state index in [1.165, 1.54) is 0 Å². The highest BCUT2D eigenvalue weighted by atomic mass is 16.3. The number of nitrogens with zero attached hydrogens (tertiary/aromatic N) is 2. The van der Waals surface area contributed by atoms with Crippen LogP contribution < -0.4 is 5.73 Å². The number of imidazole rings is 1. The maximum absolute atomic E-state index is 8.88. The maximum Gasteiger partial charge on any atom is 0.0996 e. The molecule has 0 aliphatic rings. The Morgan fingerprint density at radius 2 is 2.33 bits per heavy atom. The summed E-state index contributed by atoms with van der Waals surface area (Å²) in [4.78, 5) is 4.02. The van der Waals surface area contributed by atoms with E-state index in [-0.39, 0.29) is 6.61 Å². The van der Waals surface area contributed by atoms with E-state index >= 15 is 0 Å². The predicted molar refractivity (Wildman–Crippen MR) is 56.2 cm³/mol. The van der Waals surface area contributed by atoms with Crippen molar-refractivity contribution in [3.05, 3.63) is 48.0 Å². The molecule has 0 bridgehead atoms. The van der Waals surface area contributed by atoms with Crippen LogP contribution in [0.5, 0.6) is 0 Å². The molecule has 1 aromatic carbocycles. The van der Waals surface area contributed by atoms with E-state index in [2.05, 4.69) is 11.1 Å². The SMILES string of the molecule is NCc1c[c]c(-n2cnc(CO)c2)cc1. The third-order valence-electron chi connectivity index (χ3n) is 2.17. The molecule has 0 saturated carbocycles. The molecule has 0 atom stereocenters. The van der Waals surface area contributed by atoms with Crippen molar-refractivity contribution in [3.8, 4) is 5.69 Å². The van der Waals surface area contributed by atoms with Crippen molar-refractivity contribution in [2.45, 2.75) is 13.2 Å². The Hall–Kier alpha value is -1.65. The zero-order valence-corrected chi connectivity index (χ0v) is 8.22. The van der Waals surface area contributed by atoms with Crippen molar-refractivity contribution in [2.24, 2.45) is 5.73 Å². The van der Waals surface area contributed by atoms with Crippen LogP contribution in [0.2, 0.25) is 0 Å². The Labute approximate surface area is 88.0 Å². The first-order valence-electron chi connectivity index (χ1n) is 4.68. The fourth-order valence-corrected chi connectivity index (χ4v) is 1.31. The van der Waals surface area contributed by atoms with E-state index in [0.717, 1.165) is 11.3 Å². The average molecular weight is 202 g/mol. The first-order valence-corrected chi connectivity index (χ1v) is 4.68. The van der Waals surface area contributed by atoms with Crippen LogP contribution in [-0.4, -0.2) is 14.7 Å². The average Bonchev–Trinajstić information content (AvgIpc) is 2.78. The van der Waals surface area contributed by atoms with Crippen LogP contribution in [0.1, 0.15) is 11.3 Å². The lowest BCUT2D eigenvalue weighted by molar-refractivity contribution is 0.277. The molecule has 0 aliphatic heterocycles. The Bertz CT molecular complexity index is 433. The second-order valence-electron chi connectivity index (χ2n) is 3.22. The first kappa shape index (κ1) is 9.89. The fourth-order valence-electron chi connectivity index (χ4n) is 1.31. The summed E-state index contributed by atoms with van der Waals surface area (Å²) in [6, 6.07) is 8.83. The van der Waals surface area contributed by atoms with Gasteiger partial charge in [0.05, 0.1) is 24.3 Å². The summed E-state index contributed by atoms with van der Waals surface area (Å²) in [5, 5.41) is 8.88. The van der Waals surface area contributed by atoms with Gasteiger partial charge in [-0.15, -0.1) is 0 Å². The monoisotopic (exact) mass is 202 g/mol. The topological polar surface area (TPSA) is 64.1 Å². The van der Waals surface area contributed by atoms with E-state index in [0.29, 0.717) is 12.2 Å². The van der Waals surface area contributed by atoms with Crippen LogP contribution >= 0.6 is 0 Å². The van der Waals surface area contributed by atoms with E-state index < -0.39 is 0 Å². The molecule has 15 heavy (non-hydrogen) atoms. The number of hydrogen-bond acceptors (Lipinski definition) is 3. The van der Waals surface area contributed by atoms with Gasteiger partial charge >= 0.3 is 0 Å². The Morgan fingerprint density at radius 3 is 2.87 bits per heavy atom. The highest BCUT2D eigenvalue weighted by Gasteiger charge is 1.99. The molecule has 1 radical (unpaired) electrons. The molecule has 0 unspecified atom stereocenters. The van der Waals surface area contributed by atoms with Gasteiger partial charge < -0.3 is 15.4 Å². The molecule has 0 spiro atoms. The number of hydrogen-bond donors (Lipinski definition) is 2. The summed E-state index contributed by atoms with van der Waals surface area (Å²) in [6.07, 6.45) is 3.42. The number of nitrogens with two attached hydrogens (primary N) is 1. The van der Waals surface area contributed by atoms with Crippen molar-refractivity contribution in [3.63, 3.8) is 0 Å². The molecule has 3 N–H and O–H groups in total. The van der Waals surface area contributed by atoms with Gasteiger partial charge in [0.1, 0.15) is 0 Å². The third-order valence-corrected chi connectivity index (χ3v) is 2.17. The van der Waals surface area contributed by atoms with Gasteiger partial charge in [0.15, 0.2) is 0 Å². The summed E-state index contributed by atoms with van der Waals surface area (Å²) in [7, 11) is 0. The van der Waals surface area contributed by atoms with E-state index in [4.69, 9.17) is 10.8 Å². The zero-order valence-electron chi connectivity index (χ0n) is 8.22. The van der Waals surface area contributed by atoms with E-state index in [1.807, 2.05) is 22.8 Å². The van der Waals surface area contributed by atoms with E-state index in [9.17, 15) is 0 Å². The molecule has 4 heteroatoms. The lowest BCUT2D eigenvalue weighted by Crippen LogP contribution is -1.97. The lowest BCUT2D eigenvalue weighted by Gasteiger charge is -2.01. The van der Waals surface area contributed by atoms with Gasteiger partial charge in [0.25, 0.3) is 0 Å². The van der Waals surface area contributed by atoms with Gasteiger partial charge in [-0.25, -0.2) is 4.98 Å². The maximum atomic E-state index is 8.88. The van der Waals surface area contributed by atoms with Crippen LogP contribution in [0.4, 0.5) is 0 Å². The fraction of sp³-hybridized carbons (Fsp3) is 0.182. The number of rotatable bonds is 3. The molecule has 2 aromatic rings. The lowest BCUT2D eigenvalue weighted by atomic mass is 10.2. The molecular weight excluding hydrogens is 190 g/mol. The van der Waals surface area contributed by atoms with Gasteiger partial charge in [-0.1, -0.05) is 6.07 Å². The van der Waals surface area contributed by atoms with Crippen LogP contribution in [0.25, 0.3) is 5.69 Å². The van der Waals surface area contributed by atoms with Crippen LogP contribution in [0.3, 0.4) is 0 Å². The minimum Gasteiger partial charge on any atom is -0.390 e. The quantitative estimate of drug-likeness (QED) is 0.767. The molecule has 0 aliphatic carbocycles. The molecule has 77 valence electrons. The van der Waals surface area contributed by atoms with Crippen LogP contribution in [0, 0.1) is 6.07 Å². The van der Waals surface area contributed by atoms with Crippen LogP contribution in [-0.2, 0) is 13.2 Å². The number of aromatic nitrogens is 2. The summed E-state index contributed by atoms with van der Waals surface area (Å²) < 4.78 is 1.81. The molecule has 0 fully saturated rings. The van der Waals surface area contributed by atoms with Crippen molar-refractivity contribution in [2.75, 3.05) is 0 Å². The summed E-state index contributed by atoms with van der Waals surface area (Å²) in [6.45, 7) is 0.469. The van der Waals surface area contributed by atoms with Gasteiger partial charge in [0, 0.05) is 18.8 Å². The van der Waals surface area contributed by atoms with Crippen molar-refractivity contribution in [1.82, 2.24) is 9.55 Å². The molecule has 0 amide bonds. The van der Waals surface area contributed by atoms with Crippen molar-refractivity contribution < 1.29 is 5.11 Å². The standard InChI is InChI=1S/C11H12N3O/c12-5-9-1-3-11(4-2-9)14-6-10(7-15)13-8-14/h1-3,6,8,15H,5,7,12H2. The highest BCUT2D eigenvalue weighted by molar-refractivity contribution is 5.33. The molecule has 1 heterocycles. The molecule has 1 aromatic heterocycles. The Balaban J connectivity index is 2.28. The molecule has 0 saturated heterocycles. The second kappa shape index (κ2) is 4.25. The largest absolute Gasteiger partial charge is 0.390 e. The number of aliphatic hydroxyl groups excluding tert-OH is 1. The highest BCUT2D eigenvalue weighted by Crippen LogP contribution is 2.09. The van der Waals surface area contributed by atoms with Crippen LogP contribution in [0.15, 0.2) is 30.7 Å². The number of benzene rings is 1. The minimum atomic E-state index is -0.0477. The van der Waals surface area contributed by atoms with Gasteiger partial charge in [0.2, 0.25) is 0 Å². The third kappa shape index (κ3) is 2.06. The van der Waals surface area contributed by atoms with Crippen molar-refractivity contribution >= 4 is 0 Å². The minimum absolute atomic E-state index is 0.0477. The summed E-state index contributed by atoms with van der Waals surface area (Å²) in [5.41, 5.74) is 8.07. The number of aliphatic hydroxyl groups is 1. The summed E-state index contributed by atoms with van der Waals surface area (Å²) >= 11 is 0. The smallest absolute Gasteiger partial charge is 0.0996 e. The normalized spacial score (nSPS) is 10.5. The zero-order chi connectivity index (χ0) is 10.7. The first-order chi connectivity index (χ1) is 7.33. The van der Waals surface area contributed by atoms with Gasteiger partial charge in [-0.05, 0) is 17.7 Å². The van der Waals surface area contributed by atoms with Gasteiger partial charge in [-0.2, -0.15) is 0 Å². The summed E-state index contributed by atoms with van der Waals surface area (Å²) in [5.74, 6) is 0. The Morgan fingerprint density at radius 1 is 1.47 bits per heavy atom. The second-order valence-corrected chi connectivity index (χ2v) is 3.22.